The maximum absolute atomic E-state index is 12.1. The topological polar surface area (TPSA) is 64.0 Å². The van der Waals surface area contributed by atoms with Gasteiger partial charge in [-0.25, -0.2) is 18.1 Å². The summed E-state index contributed by atoms with van der Waals surface area (Å²) < 4.78 is 28.7. The molecule has 0 fully saturated rings. The molecular formula is C11H20ClN3O2S. The number of halogens is 1. The number of hydrogen-bond acceptors (Lipinski definition) is 3. The normalized spacial score (nSPS) is 14.1. The Morgan fingerprint density at radius 1 is 1.50 bits per heavy atom. The van der Waals surface area contributed by atoms with Crippen LogP contribution in [0.3, 0.4) is 0 Å². The van der Waals surface area contributed by atoms with Crippen molar-refractivity contribution >= 4 is 21.6 Å². The van der Waals surface area contributed by atoms with Crippen LogP contribution in [-0.4, -0.2) is 29.9 Å². The second-order valence-electron chi connectivity index (χ2n) is 4.54. The molecular weight excluding hydrogens is 274 g/mol. The van der Waals surface area contributed by atoms with E-state index in [0.29, 0.717) is 12.4 Å². The van der Waals surface area contributed by atoms with Crippen molar-refractivity contribution in [3.8, 4) is 0 Å². The lowest BCUT2D eigenvalue weighted by molar-refractivity contribution is 0.479. The predicted octanol–water partition coefficient (Wildman–Crippen LogP) is 1.75. The van der Waals surface area contributed by atoms with Crippen LogP contribution in [0, 0.1) is 12.8 Å². The van der Waals surface area contributed by atoms with Crippen molar-refractivity contribution in [3.63, 3.8) is 0 Å². The van der Waals surface area contributed by atoms with Crippen molar-refractivity contribution in [1.82, 2.24) is 14.3 Å². The minimum Gasteiger partial charge on any atom is -0.334 e. The Balaban J connectivity index is 2.98. The van der Waals surface area contributed by atoms with E-state index in [1.165, 1.54) is 0 Å². The summed E-state index contributed by atoms with van der Waals surface area (Å²) >= 11 is 5.77. The third-order valence-electron chi connectivity index (χ3n) is 2.85. The molecule has 7 heteroatoms. The fourth-order valence-corrected chi connectivity index (χ4v) is 3.45. The molecule has 0 bridgehead atoms. The maximum Gasteiger partial charge on any atom is 0.259 e. The molecule has 0 saturated heterocycles. The van der Waals surface area contributed by atoms with Crippen molar-refractivity contribution in [1.29, 1.82) is 0 Å². The SMILES string of the molecule is CCn1cc(S(=O)(=O)NC(CCl)C(C)C)nc1C. The molecule has 0 aliphatic carbocycles. The quantitative estimate of drug-likeness (QED) is 0.813. The monoisotopic (exact) mass is 293 g/mol. The van der Waals surface area contributed by atoms with E-state index in [4.69, 9.17) is 11.6 Å². The first-order valence-corrected chi connectivity index (χ1v) is 7.95. The summed E-state index contributed by atoms with van der Waals surface area (Å²) in [4.78, 5) is 4.07. The van der Waals surface area contributed by atoms with E-state index in [9.17, 15) is 8.42 Å². The van der Waals surface area contributed by atoms with E-state index in [1.54, 1.807) is 17.7 Å². The van der Waals surface area contributed by atoms with Gasteiger partial charge in [0.2, 0.25) is 0 Å². The molecule has 1 aromatic rings. The van der Waals surface area contributed by atoms with E-state index in [2.05, 4.69) is 9.71 Å². The van der Waals surface area contributed by atoms with Gasteiger partial charge in [0.05, 0.1) is 0 Å². The van der Waals surface area contributed by atoms with Gasteiger partial charge >= 0.3 is 0 Å². The number of alkyl halides is 1. The molecule has 1 N–H and O–H groups in total. The van der Waals surface area contributed by atoms with Gasteiger partial charge in [0.15, 0.2) is 5.03 Å². The number of nitrogens with zero attached hydrogens (tertiary/aromatic N) is 2. The van der Waals surface area contributed by atoms with Crippen LogP contribution in [0.4, 0.5) is 0 Å². The van der Waals surface area contributed by atoms with Gasteiger partial charge in [-0.3, -0.25) is 0 Å². The standard InChI is InChI=1S/C11H20ClN3O2S/c1-5-15-7-11(13-9(15)4)18(16,17)14-10(6-12)8(2)3/h7-8,10,14H,5-6H2,1-4H3. The second kappa shape index (κ2) is 6.04. The van der Waals surface area contributed by atoms with Gasteiger partial charge in [-0.1, -0.05) is 13.8 Å². The molecule has 1 atom stereocenters. The van der Waals surface area contributed by atoms with Crippen LogP contribution < -0.4 is 4.72 Å². The lowest BCUT2D eigenvalue weighted by Crippen LogP contribution is -2.39. The highest BCUT2D eigenvalue weighted by molar-refractivity contribution is 7.89. The zero-order valence-electron chi connectivity index (χ0n) is 11.1. The summed E-state index contributed by atoms with van der Waals surface area (Å²) in [6.07, 6.45) is 1.54. The first-order chi connectivity index (χ1) is 8.31. The largest absolute Gasteiger partial charge is 0.334 e. The molecule has 0 radical (unpaired) electrons. The minimum atomic E-state index is -3.59. The van der Waals surface area contributed by atoms with Crippen molar-refractivity contribution in [2.24, 2.45) is 5.92 Å². The van der Waals surface area contributed by atoms with Crippen molar-refractivity contribution < 1.29 is 8.42 Å². The van der Waals surface area contributed by atoms with Crippen LogP contribution in [0.25, 0.3) is 0 Å². The summed E-state index contributed by atoms with van der Waals surface area (Å²) in [5.41, 5.74) is 0. The van der Waals surface area contributed by atoms with Crippen LogP contribution in [0.2, 0.25) is 0 Å². The molecule has 0 aliphatic heterocycles. The average Bonchev–Trinajstić information content (AvgIpc) is 2.68. The van der Waals surface area contributed by atoms with Gasteiger partial charge in [-0.15, -0.1) is 11.6 Å². The maximum atomic E-state index is 12.1. The molecule has 0 amide bonds. The zero-order chi connectivity index (χ0) is 13.9. The Labute approximate surface area is 114 Å². The van der Waals surface area contributed by atoms with E-state index in [0.717, 1.165) is 0 Å². The molecule has 0 aliphatic rings. The summed E-state index contributed by atoms with van der Waals surface area (Å²) in [5.74, 6) is 1.06. The fraction of sp³-hybridized carbons (Fsp3) is 0.727. The molecule has 0 aromatic carbocycles. The number of imidazole rings is 1. The Hall–Kier alpha value is -0.590. The van der Waals surface area contributed by atoms with Gasteiger partial charge in [0, 0.05) is 24.7 Å². The van der Waals surface area contributed by atoms with Crippen LogP contribution in [0.1, 0.15) is 26.6 Å². The summed E-state index contributed by atoms with van der Waals surface area (Å²) in [7, 11) is -3.59. The predicted molar refractivity (Wildman–Crippen MR) is 72.3 cm³/mol. The highest BCUT2D eigenvalue weighted by Gasteiger charge is 2.24. The van der Waals surface area contributed by atoms with E-state index in [1.807, 2.05) is 20.8 Å². The van der Waals surface area contributed by atoms with Crippen LogP contribution in [0.5, 0.6) is 0 Å². The third-order valence-corrected chi connectivity index (χ3v) is 4.54. The number of aromatic nitrogens is 2. The molecule has 1 heterocycles. The van der Waals surface area contributed by atoms with E-state index >= 15 is 0 Å². The van der Waals surface area contributed by atoms with Crippen molar-refractivity contribution in [2.45, 2.75) is 45.3 Å². The fourth-order valence-electron chi connectivity index (χ4n) is 1.53. The molecule has 1 rings (SSSR count). The smallest absolute Gasteiger partial charge is 0.259 e. The van der Waals surface area contributed by atoms with Gasteiger partial charge in [-0.05, 0) is 19.8 Å². The molecule has 1 aromatic heterocycles. The summed E-state index contributed by atoms with van der Waals surface area (Å²) in [6.45, 7) is 8.26. The molecule has 5 nitrogen and oxygen atoms in total. The van der Waals surface area contributed by atoms with E-state index < -0.39 is 10.0 Å². The average molecular weight is 294 g/mol. The minimum absolute atomic E-state index is 0.0533. The van der Waals surface area contributed by atoms with Gasteiger partial charge < -0.3 is 4.57 Å². The third kappa shape index (κ3) is 3.46. The molecule has 104 valence electrons. The Kier molecular flexibility index (Phi) is 5.19. The Bertz CT molecular complexity index is 496. The number of aryl methyl sites for hydroxylation is 2. The van der Waals surface area contributed by atoms with Crippen LogP contribution >= 0.6 is 11.6 Å². The van der Waals surface area contributed by atoms with E-state index in [-0.39, 0.29) is 22.9 Å². The first-order valence-electron chi connectivity index (χ1n) is 5.93. The molecule has 0 spiro atoms. The number of nitrogens with one attached hydrogen (secondary N) is 1. The molecule has 18 heavy (non-hydrogen) atoms. The second-order valence-corrected chi connectivity index (χ2v) is 6.51. The highest BCUT2D eigenvalue weighted by Crippen LogP contribution is 2.12. The van der Waals surface area contributed by atoms with Crippen LogP contribution in [0.15, 0.2) is 11.2 Å². The number of hydrogen-bond donors (Lipinski definition) is 1. The zero-order valence-corrected chi connectivity index (χ0v) is 12.7. The highest BCUT2D eigenvalue weighted by atomic mass is 35.5. The van der Waals surface area contributed by atoms with Crippen molar-refractivity contribution in [2.75, 3.05) is 5.88 Å². The summed E-state index contributed by atoms with van der Waals surface area (Å²) in [5, 5.41) is 0.0533. The van der Waals surface area contributed by atoms with Crippen molar-refractivity contribution in [3.05, 3.63) is 12.0 Å². The Morgan fingerprint density at radius 3 is 2.50 bits per heavy atom. The number of sulfonamides is 1. The Morgan fingerprint density at radius 2 is 2.11 bits per heavy atom. The lowest BCUT2D eigenvalue weighted by Gasteiger charge is -2.18. The summed E-state index contributed by atoms with van der Waals surface area (Å²) in [6, 6.07) is -0.288. The van der Waals surface area contributed by atoms with Gasteiger partial charge in [-0.2, -0.15) is 0 Å². The molecule has 1 unspecified atom stereocenters. The molecule has 0 saturated carbocycles. The van der Waals surface area contributed by atoms with Gasteiger partial charge in [0.25, 0.3) is 10.0 Å². The number of rotatable bonds is 6. The van der Waals surface area contributed by atoms with Crippen LogP contribution in [-0.2, 0) is 16.6 Å². The first kappa shape index (κ1) is 15.5. The lowest BCUT2D eigenvalue weighted by atomic mass is 10.1. The van der Waals surface area contributed by atoms with Gasteiger partial charge in [0.1, 0.15) is 5.82 Å².